The summed E-state index contributed by atoms with van der Waals surface area (Å²) in [5, 5.41) is 6.09. The summed E-state index contributed by atoms with van der Waals surface area (Å²) in [4.78, 5) is 41.2. The van der Waals surface area contributed by atoms with Crippen molar-refractivity contribution in [3.05, 3.63) is 53.3 Å². The Balaban J connectivity index is 1.20. The molecule has 2 saturated heterocycles. The van der Waals surface area contributed by atoms with Gasteiger partial charge >= 0.3 is 6.03 Å². The molecule has 2 aliphatic heterocycles. The summed E-state index contributed by atoms with van der Waals surface area (Å²) in [5.74, 6) is 1.41. The topological polar surface area (TPSA) is 93.7 Å². The van der Waals surface area contributed by atoms with Crippen LogP contribution in [0.25, 0.3) is 0 Å². The number of anilines is 1. The highest BCUT2D eigenvalue weighted by molar-refractivity contribution is 5.92. The summed E-state index contributed by atoms with van der Waals surface area (Å²) in [5.41, 5.74) is 2.52. The highest BCUT2D eigenvalue weighted by atomic mass is 16.2. The van der Waals surface area contributed by atoms with Gasteiger partial charge in [-0.25, -0.2) is 14.8 Å². The molecule has 3 amide bonds. The highest BCUT2D eigenvalue weighted by Gasteiger charge is 2.29. The van der Waals surface area contributed by atoms with E-state index in [0.29, 0.717) is 56.2 Å². The number of urea groups is 1. The molecule has 0 spiro atoms. The molecule has 212 valence electrons. The van der Waals surface area contributed by atoms with Crippen LogP contribution in [0, 0.1) is 18.8 Å². The standard InChI is InChI=1S/C30H45N7O2/c1-22(2)19-32-28(38)27-18-23(3)33-29(34-27)36-16-17-37(24(4)20-36)30(39)31-13-10-25-11-14-35(15-12-25)21-26-8-6-5-7-9-26/h5-9,18,22,24-25H,10-17,19-21H2,1-4H3,(H,31,39)(H,32,38)/t24-/m1/s1. The second kappa shape index (κ2) is 13.7. The second-order valence-corrected chi connectivity index (χ2v) is 11.5. The van der Waals surface area contributed by atoms with E-state index >= 15 is 0 Å². The van der Waals surface area contributed by atoms with E-state index in [1.54, 1.807) is 6.07 Å². The molecule has 0 saturated carbocycles. The number of hydrogen-bond acceptors (Lipinski definition) is 6. The van der Waals surface area contributed by atoms with Gasteiger partial charge in [-0.2, -0.15) is 0 Å². The van der Waals surface area contributed by atoms with Crippen molar-refractivity contribution in [1.82, 2.24) is 30.4 Å². The maximum Gasteiger partial charge on any atom is 0.317 e. The van der Waals surface area contributed by atoms with Crippen LogP contribution in [0.1, 0.15) is 61.8 Å². The Morgan fingerprint density at radius 2 is 1.77 bits per heavy atom. The number of nitrogens with zero attached hydrogens (tertiary/aromatic N) is 5. The van der Waals surface area contributed by atoms with Crippen LogP contribution >= 0.6 is 0 Å². The molecule has 2 aromatic rings. The summed E-state index contributed by atoms with van der Waals surface area (Å²) in [7, 11) is 0. The summed E-state index contributed by atoms with van der Waals surface area (Å²) in [6.07, 6.45) is 3.40. The number of likely N-dealkylation sites (tertiary alicyclic amines) is 1. The second-order valence-electron chi connectivity index (χ2n) is 11.5. The minimum Gasteiger partial charge on any atom is -0.350 e. The fraction of sp³-hybridized carbons (Fsp3) is 0.600. The van der Waals surface area contributed by atoms with Gasteiger partial charge in [-0.1, -0.05) is 44.2 Å². The zero-order chi connectivity index (χ0) is 27.8. The number of piperidine rings is 1. The Hall–Kier alpha value is -3.20. The van der Waals surface area contributed by atoms with Gasteiger partial charge < -0.3 is 20.4 Å². The molecule has 39 heavy (non-hydrogen) atoms. The van der Waals surface area contributed by atoms with Crippen molar-refractivity contribution >= 4 is 17.9 Å². The van der Waals surface area contributed by atoms with E-state index in [-0.39, 0.29) is 18.0 Å². The third-order valence-electron chi connectivity index (χ3n) is 7.70. The summed E-state index contributed by atoms with van der Waals surface area (Å²) in [6.45, 7) is 14.5. The third kappa shape index (κ3) is 8.39. The molecule has 0 radical (unpaired) electrons. The lowest BCUT2D eigenvalue weighted by Crippen LogP contribution is -2.57. The van der Waals surface area contributed by atoms with Crippen LogP contribution in [0.15, 0.2) is 36.4 Å². The van der Waals surface area contributed by atoms with E-state index < -0.39 is 0 Å². The van der Waals surface area contributed by atoms with E-state index in [4.69, 9.17) is 0 Å². The lowest BCUT2D eigenvalue weighted by atomic mass is 9.93. The minimum atomic E-state index is -0.177. The molecule has 0 unspecified atom stereocenters. The molecule has 1 aromatic carbocycles. The van der Waals surface area contributed by atoms with Crippen LogP contribution in [0.5, 0.6) is 0 Å². The van der Waals surface area contributed by atoms with E-state index in [2.05, 4.69) is 81.5 Å². The smallest absolute Gasteiger partial charge is 0.317 e. The molecule has 2 aliphatic rings. The van der Waals surface area contributed by atoms with Crippen LogP contribution in [0.3, 0.4) is 0 Å². The van der Waals surface area contributed by atoms with E-state index in [1.807, 2.05) is 11.8 Å². The zero-order valence-corrected chi connectivity index (χ0v) is 24.0. The predicted molar refractivity (Wildman–Crippen MR) is 155 cm³/mol. The average molecular weight is 536 g/mol. The first kappa shape index (κ1) is 28.8. The Morgan fingerprint density at radius 1 is 1.03 bits per heavy atom. The molecular weight excluding hydrogens is 490 g/mol. The summed E-state index contributed by atoms with van der Waals surface area (Å²) in [6, 6.07) is 12.4. The van der Waals surface area contributed by atoms with Crippen molar-refractivity contribution < 1.29 is 9.59 Å². The lowest BCUT2D eigenvalue weighted by molar-refractivity contribution is 0.0943. The molecule has 0 bridgehead atoms. The summed E-state index contributed by atoms with van der Waals surface area (Å²) < 4.78 is 0. The quantitative estimate of drug-likeness (QED) is 0.509. The first-order valence-corrected chi connectivity index (χ1v) is 14.5. The number of aryl methyl sites for hydroxylation is 1. The largest absolute Gasteiger partial charge is 0.350 e. The molecule has 9 nitrogen and oxygen atoms in total. The van der Waals surface area contributed by atoms with E-state index in [9.17, 15) is 9.59 Å². The van der Waals surface area contributed by atoms with Crippen molar-refractivity contribution in [3.8, 4) is 0 Å². The normalized spacial score (nSPS) is 18.8. The van der Waals surface area contributed by atoms with Crippen LogP contribution in [-0.4, -0.2) is 83.6 Å². The Bertz CT molecular complexity index is 1090. The maximum atomic E-state index is 13.0. The van der Waals surface area contributed by atoms with Crippen LogP contribution in [0.2, 0.25) is 0 Å². The molecule has 0 aliphatic carbocycles. The van der Waals surface area contributed by atoms with Crippen molar-refractivity contribution in [2.75, 3.05) is 50.7 Å². The monoisotopic (exact) mass is 535 g/mol. The van der Waals surface area contributed by atoms with Crippen molar-refractivity contribution in [2.45, 2.75) is 59.5 Å². The number of carbonyl (C=O) groups excluding carboxylic acids is 2. The lowest BCUT2D eigenvalue weighted by Gasteiger charge is -2.40. The summed E-state index contributed by atoms with van der Waals surface area (Å²) >= 11 is 0. The van der Waals surface area contributed by atoms with Gasteiger partial charge in [0.15, 0.2) is 0 Å². The fourth-order valence-electron chi connectivity index (χ4n) is 5.40. The highest BCUT2D eigenvalue weighted by Crippen LogP contribution is 2.22. The van der Waals surface area contributed by atoms with Crippen molar-refractivity contribution in [3.63, 3.8) is 0 Å². The third-order valence-corrected chi connectivity index (χ3v) is 7.70. The van der Waals surface area contributed by atoms with Gasteiger partial charge in [-0.3, -0.25) is 9.69 Å². The van der Waals surface area contributed by atoms with Crippen LogP contribution < -0.4 is 15.5 Å². The van der Waals surface area contributed by atoms with E-state index in [0.717, 1.165) is 31.7 Å². The van der Waals surface area contributed by atoms with Crippen LogP contribution in [0.4, 0.5) is 10.7 Å². The zero-order valence-electron chi connectivity index (χ0n) is 24.0. The van der Waals surface area contributed by atoms with Gasteiger partial charge in [-0.15, -0.1) is 0 Å². The van der Waals surface area contributed by atoms with Gasteiger partial charge in [0.05, 0.1) is 0 Å². The molecule has 3 heterocycles. The Kier molecular flexibility index (Phi) is 10.1. The van der Waals surface area contributed by atoms with Gasteiger partial charge in [-0.05, 0) is 69.7 Å². The number of amides is 3. The molecular formula is C30H45N7O2. The average Bonchev–Trinajstić information content (AvgIpc) is 2.92. The molecule has 2 fully saturated rings. The van der Waals surface area contributed by atoms with E-state index in [1.165, 1.54) is 18.4 Å². The Morgan fingerprint density at radius 3 is 2.46 bits per heavy atom. The molecule has 4 rings (SSSR count). The van der Waals surface area contributed by atoms with Gasteiger partial charge in [0.25, 0.3) is 5.91 Å². The van der Waals surface area contributed by atoms with Gasteiger partial charge in [0, 0.05) is 51.0 Å². The first-order chi connectivity index (χ1) is 18.8. The van der Waals surface area contributed by atoms with Crippen molar-refractivity contribution in [1.29, 1.82) is 0 Å². The van der Waals surface area contributed by atoms with Crippen molar-refractivity contribution in [2.24, 2.45) is 11.8 Å². The molecule has 2 N–H and O–H groups in total. The van der Waals surface area contributed by atoms with Gasteiger partial charge in [0.2, 0.25) is 5.95 Å². The first-order valence-electron chi connectivity index (χ1n) is 14.5. The SMILES string of the molecule is Cc1cc(C(=O)NCC(C)C)nc(N2CCN(C(=O)NCCC3CCN(Cc4ccccc4)CC3)[C@H](C)C2)n1. The molecule has 1 aromatic heterocycles. The number of piperazine rings is 1. The predicted octanol–water partition coefficient (Wildman–Crippen LogP) is 3.69. The number of nitrogens with one attached hydrogen (secondary N) is 2. The number of carbonyl (C=O) groups is 2. The number of benzene rings is 1. The number of hydrogen-bond donors (Lipinski definition) is 2. The number of rotatable bonds is 9. The van der Waals surface area contributed by atoms with Gasteiger partial charge in [0.1, 0.15) is 5.69 Å². The molecule has 9 heteroatoms. The minimum absolute atomic E-state index is 0.00239. The fourth-order valence-corrected chi connectivity index (χ4v) is 5.40. The Labute approximate surface area is 233 Å². The maximum absolute atomic E-state index is 13.0. The number of aromatic nitrogens is 2. The van der Waals surface area contributed by atoms with Crippen LogP contribution in [-0.2, 0) is 6.54 Å². The molecule has 1 atom stereocenters.